The number of carbonyl (C=O) groups excluding carboxylic acids is 1. The second-order valence-electron chi connectivity index (χ2n) is 7.38. The Bertz CT molecular complexity index is 1070. The van der Waals surface area contributed by atoms with Crippen molar-refractivity contribution in [3.63, 3.8) is 0 Å². The standard InChI is InChI=1S/C23H21F3N2O4/c1-15-19(11-20(32-15)16-5-3-2-4-6-16)22(29)28-9-10-30-18(13-28)14-31-21-8-7-17(12-27-21)23(24,25)26/h2-8,11-12,18H,9-10,13-14H2,1H3. The molecule has 1 saturated heterocycles. The van der Waals surface area contributed by atoms with Crippen LogP contribution in [0.1, 0.15) is 21.7 Å². The molecule has 0 radical (unpaired) electrons. The van der Waals surface area contributed by atoms with Gasteiger partial charge in [-0.2, -0.15) is 13.2 Å². The Morgan fingerprint density at radius 1 is 1.22 bits per heavy atom. The Kier molecular flexibility index (Phi) is 6.18. The van der Waals surface area contributed by atoms with Gasteiger partial charge in [0.05, 0.1) is 24.3 Å². The number of furan rings is 1. The molecule has 1 atom stereocenters. The number of aromatic nitrogens is 1. The second kappa shape index (κ2) is 9.04. The monoisotopic (exact) mass is 446 g/mol. The average Bonchev–Trinajstić information content (AvgIpc) is 3.19. The highest BCUT2D eigenvalue weighted by Crippen LogP contribution is 2.29. The maximum atomic E-state index is 13.1. The molecule has 1 unspecified atom stereocenters. The molecule has 9 heteroatoms. The highest BCUT2D eigenvalue weighted by molar-refractivity contribution is 5.96. The van der Waals surface area contributed by atoms with Crippen LogP contribution in [-0.2, 0) is 10.9 Å². The third-order valence-corrected chi connectivity index (χ3v) is 5.11. The number of morpholine rings is 1. The molecule has 0 bridgehead atoms. The van der Waals surface area contributed by atoms with Crippen molar-refractivity contribution >= 4 is 5.91 Å². The first kappa shape index (κ1) is 21.9. The molecule has 4 rings (SSSR count). The molecule has 2 aromatic heterocycles. The van der Waals surface area contributed by atoms with Gasteiger partial charge in [-0.15, -0.1) is 0 Å². The van der Waals surface area contributed by atoms with Crippen LogP contribution in [-0.4, -0.2) is 48.2 Å². The normalized spacial score (nSPS) is 16.8. The van der Waals surface area contributed by atoms with Crippen molar-refractivity contribution in [2.45, 2.75) is 19.2 Å². The summed E-state index contributed by atoms with van der Waals surface area (Å²) in [6.07, 6.45) is -4.17. The third kappa shape index (κ3) is 4.94. The quantitative estimate of drug-likeness (QED) is 0.574. The topological polar surface area (TPSA) is 64.8 Å². The lowest BCUT2D eigenvalue weighted by molar-refractivity contribution is -0.137. The number of aryl methyl sites for hydroxylation is 1. The summed E-state index contributed by atoms with van der Waals surface area (Å²) in [5.41, 5.74) is 0.516. The number of alkyl halides is 3. The Labute approximate surface area is 182 Å². The number of carbonyl (C=O) groups is 1. The summed E-state index contributed by atoms with van der Waals surface area (Å²) >= 11 is 0. The van der Waals surface area contributed by atoms with E-state index in [0.29, 0.717) is 30.2 Å². The molecule has 0 aliphatic carbocycles. The number of hydrogen-bond donors (Lipinski definition) is 0. The van der Waals surface area contributed by atoms with Crippen LogP contribution >= 0.6 is 0 Å². The molecule has 1 aliphatic rings. The lowest BCUT2D eigenvalue weighted by Gasteiger charge is -2.32. The summed E-state index contributed by atoms with van der Waals surface area (Å²) in [6.45, 7) is 2.82. The van der Waals surface area contributed by atoms with Crippen LogP contribution < -0.4 is 4.74 Å². The van der Waals surface area contributed by atoms with Crippen LogP contribution in [0.4, 0.5) is 13.2 Å². The van der Waals surface area contributed by atoms with Crippen molar-refractivity contribution in [3.05, 3.63) is 71.6 Å². The van der Waals surface area contributed by atoms with Crippen molar-refractivity contribution < 1.29 is 31.9 Å². The van der Waals surface area contributed by atoms with Crippen molar-refractivity contribution in [1.29, 1.82) is 0 Å². The summed E-state index contributed by atoms with van der Waals surface area (Å²) in [4.78, 5) is 18.4. The zero-order valence-corrected chi connectivity index (χ0v) is 17.3. The average molecular weight is 446 g/mol. The Morgan fingerprint density at radius 3 is 2.69 bits per heavy atom. The molecule has 1 aliphatic heterocycles. The van der Waals surface area contributed by atoms with Gasteiger partial charge in [0.15, 0.2) is 0 Å². The third-order valence-electron chi connectivity index (χ3n) is 5.11. The lowest BCUT2D eigenvalue weighted by Crippen LogP contribution is -2.47. The van der Waals surface area contributed by atoms with E-state index in [4.69, 9.17) is 13.9 Å². The highest BCUT2D eigenvalue weighted by atomic mass is 19.4. The van der Waals surface area contributed by atoms with E-state index in [-0.39, 0.29) is 24.9 Å². The van der Waals surface area contributed by atoms with Crippen LogP contribution in [0, 0.1) is 6.92 Å². The smallest absolute Gasteiger partial charge is 0.417 e. The van der Waals surface area contributed by atoms with Gasteiger partial charge >= 0.3 is 6.18 Å². The number of halogens is 3. The van der Waals surface area contributed by atoms with Gasteiger partial charge in [0.2, 0.25) is 5.88 Å². The van der Waals surface area contributed by atoms with Crippen molar-refractivity contribution in [3.8, 4) is 17.2 Å². The Morgan fingerprint density at radius 2 is 2.00 bits per heavy atom. The Hall–Kier alpha value is -3.33. The van der Waals surface area contributed by atoms with Crippen LogP contribution in [0.15, 0.2) is 59.1 Å². The van der Waals surface area contributed by atoms with Crippen LogP contribution in [0.3, 0.4) is 0 Å². The molecular formula is C23H21F3N2O4. The molecular weight excluding hydrogens is 425 g/mol. The fourth-order valence-electron chi connectivity index (χ4n) is 3.43. The van der Waals surface area contributed by atoms with E-state index in [0.717, 1.165) is 23.9 Å². The van der Waals surface area contributed by atoms with Crippen LogP contribution in [0.25, 0.3) is 11.3 Å². The number of nitrogens with zero attached hydrogens (tertiary/aromatic N) is 2. The van der Waals surface area contributed by atoms with Gasteiger partial charge in [-0.05, 0) is 19.1 Å². The molecule has 168 valence electrons. The second-order valence-corrected chi connectivity index (χ2v) is 7.38. The first-order chi connectivity index (χ1) is 15.3. The summed E-state index contributed by atoms with van der Waals surface area (Å²) < 4.78 is 54.8. The van der Waals surface area contributed by atoms with Crippen molar-refractivity contribution in [2.24, 2.45) is 0 Å². The molecule has 1 aromatic carbocycles. The lowest BCUT2D eigenvalue weighted by atomic mass is 10.1. The SMILES string of the molecule is Cc1oc(-c2ccccc2)cc1C(=O)N1CCOC(COc2ccc(C(F)(F)F)cn2)C1. The van der Waals surface area contributed by atoms with E-state index in [1.165, 1.54) is 0 Å². The van der Waals surface area contributed by atoms with Gasteiger partial charge in [0.25, 0.3) is 5.91 Å². The zero-order chi connectivity index (χ0) is 22.7. The van der Waals surface area contributed by atoms with E-state index < -0.39 is 17.8 Å². The van der Waals surface area contributed by atoms with Gasteiger partial charge < -0.3 is 18.8 Å². The van der Waals surface area contributed by atoms with Crippen molar-refractivity contribution in [2.75, 3.05) is 26.3 Å². The van der Waals surface area contributed by atoms with E-state index >= 15 is 0 Å². The summed E-state index contributed by atoms with van der Waals surface area (Å²) in [7, 11) is 0. The van der Waals surface area contributed by atoms with E-state index in [9.17, 15) is 18.0 Å². The van der Waals surface area contributed by atoms with Gasteiger partial charge in [0.1, 0.15) is 24.2 Å². The van der Waals surface area contributed by atoms with E-state index in [1.54, 1.807) is 17.9 Å². The predicted octanol–water partition coefficient (Wildman–Crippen LogP) is 4.59. The van der Waals surface area contributed by atoms with Gasteiger partial charge in [-0.1, -0.05) is 30.3 Å². The largest absolute Gasteiger partial charge is 0.475 e. The van der Waals surface area contributed by atoms with Gasteiger partial charge in [0, 0.05) is 24.4 Å². The van der Waals surface area contributed by atoms with E-state index in [2.05, 4.69) is 4.98 Å². The fraction of sp³-hybridized carbons (Fsp3) is 0.304. The molecule has 32 heavy (non-hydrogen) atoms. The first-order valence-electron chi connectivity index (χ1n) is 10.0. The van der Waals surface area contributed by atoms with Crippen molar-refractivity contribution in [1.82, 2.24) is 9.88 Å². The number of benzene rings is 1. The number of rotatable bonds is 5. The van der Waals surface area contributed by atoms with Crippen LogP contribution in [0.2, 0.25) is 0 Å². The fourth-order valence-corrected chi connectivity index (χ4v) is 3.43. The molecule has 6 nitrogen and oxygen atoms in total. The first-order valence-corrected chi connectivity index (χ1v) is 10.0. The zero-order valence-electron chi connectivity index (χ0n) is 17.3. The number of amides is 1. The number of ether oxygens (including phenoxy) is 2. The minimum absolute atomic E-state index is 0.0573. The minimum Gasteiger partial charge on any atom is -0.475 e. The molecule has 0 N–H and O–H groups in total. The molecule has 1 fully saturated rings. The predicted molar refractivity (Wildman–Crippen MR) is 109 cm³/mol. The number of pyridine rings is 1. The molecule has 3 aromatic rings. The summed E-state index contributed by atoms with van der Waals surface area (Å²) in [5, 5.41) is 0. The molecule has 1 amide bonds. The maximum Gasteiger partial charge on any atom is 0.417 e. The minimum atomic E-state index is -4.45. The molecule has 0 saturated carbocycles. The summed E-state index contributed by atoms with van der Waals surface area (Å²) in [6, 6.07) is 13.3. The van der Waals surface area contributed by atoms with Gasteiger partial charge in [-0.25, -0.2) is 4.98 Å². The summed E-state index contributed by atoms with van der Waals surface area (Å²) in [5.74, 6) is 1.03. The van der Waals surface area contributed by atoms with Gasteiger partial charge in [-0.3, -0.25) is 4.79 Å². The van der Waals surface area contributed by atoms with Crippen LogP contribution in [0.5, 0.6) is 5.88 Å². The highest BCUT2D eigenvalue weighted by Gasteiger charge is 2.31. The number of hydrogen-bond acceptors (Lipinski definition) is 5. The Balaban J connectivity index is 1.38. The molecule has 0 spiro atoms. The van der Waals surface area contributed by atoms with E-state index in [1.807, 2.05) is 30.3 Å². The molecule has 3 heterocycles. The maximum absolute atomic E-state index is 13.1.